The molecule has 0 radical (unpaired) electrons. The monoisotopic (exact) mass is 357 g/mol. The van der Waals surface area contributed by atoms with Crippen LogP contribution < -0.4 is 9.47 Å². The Hall–Kier alpha value is -1.07. The summed E-state index contributed by atoms with van der Waals surface area (Å²) in [5.41, 5.74) is 0. The average Bonchev–Trinajstić information content (AvgIpc) is 2.34. The lowest BCUT2D eigenvalue weighted by Crippen LogP contribution is -1.89. The number of pyridine rings is 1. The standard InChI is InChI=1S/C12H9Br2NO2/c1-16-9-2-4-10(5-3-9)17-12-11(14)6-8(13)7-15-12/h2-7H,1H3. The molecule has 2 rings (SSSR count). The van der Waals surface area contributed by atoms with Crippen molar-refractivity contribution in [2.24, 2.45) is 0 Å². The molecule has 0 atom stereocenters. The van der Waals surface area contributed by atoms with Crippen molar-refractivity contribution in [1.82, 2.24) is 4.98 Å². The molecular formula is C12H9Br2NO2. The van der Waals surface area contributed by atoms with Crippen LogP contribution in [0.1, 0.15) is 0 Å². The molecule has 0 N–H and O–H groups in total. The maximum atomic E-state index is 5.63. The molecule has 5 heteroatoms. The molecule has 0 bridgehead atoms. The minimum Gasteiger partial charge on any atom is -0.497 e. The van der Waals surface area contributed by atoms with Crippen molar-refractivity contribution in [1.29, 1.82) is 0 Å². The maximum Gasteiger partial charge on any atom is 0.233 e. The van der Waals surface area contributed by atoms with Crippen molar-refractivity contribution in [3.63, 3.8) is 0 Å². The van der Waals surface area contributed by atoms with Gasteiger partial charge in [0, 0.05) is 10.7 Å². The highest BCUT2D eigenvalue weighted by Crippen LogP contribution is 2.30. The quantitative estimate of drug-likeness (QED) is 0.814. The normalized spacial score (nSPS) is 10.1. The SMILES string of the molecule is COc1ccc(Oc2ncc(Br)cc2Br)cc1. The van der Waals surface area contributed by atoms with Gasteiger partial charge in [-0.3, -0.25) is 0 Å². The molecule has 88 valence electrons. The number of methoxy groups -OCH3 is 1. The lowest BCUT2D eigenvalue weighted by atomic mass is 10.3. The predicted molar refractivity (Wildman–Crippen MR) is 72.7 cm³/mol. The van der Waals surface area contributed by atoms with Gasteiger partial charge < -0.3 is 9.47 Å². The summed E-state index contributed by atoms with van der Waals surface area (Å²) >= 11 is 6.73. The van der Waals surface area contributed by atoms with E-state index in [-0.39, 0.29) is 0 Å². The predicted octanol–water partition coefficient (Wildman–Crippen LogP) is 4.41. The number of hydrogen-bond acceptors (Lipinski definition) is 3. The molecule has 0 unspecified atom stereocenters. The zero-order valence-corrected chi connectivity index (χ0v) is 12.2. The number of aromatic nitrogens is 1. The first-order valence-corrected chi connectivity index (χ1v) is 6.40. The topological polar surface area (TPSA) is 31.4 Å². The van der Waals surface area contributed by atoms with Gasteiger partial charge in [-0.15, -0.1) is 0 Å². The second kappa shape index (κ2) is 5.51. The third kappa shape index (κ3) is 3.20. The average molecular weight is 359 g/mol. The Morgan fingerprint density at radius 2 is 1.71 bits per heavy atom. The van der Waals surface area contributed by atoms with Crippen LogP contribution in [0.3, 0.4) is 0 Å². The highest BCUT2D eigenvalue weighted by molar-refractivity contribution is 9.11. The van der Waals surface area contributed by atoms with Gasteiger partial charge in [-0.1, -0.05) is 0 Å². The van der Waals surface area contributed by atoms with Gasteiger partial charge in [0.15, 0.2) is 0 Å². The zero-order chi connectivity index (χ0) is 12.3. The third-order valence-corrected chi connectivity index (χ3v) is 3.05. The molecule has 1 aromatic heterocycles. The Balaban J connectivity index is 2.19. The summed E-state index contributed by atoms with van der Waals surface area (Å²) in [5.74, 6) is 2.03. The van der Waals surface area contributed by atoms with E-state index < -0.39 is 0 Å². The smallest absolute Gasteiger partial charge is 0.233 e. The minimum absolute atomic E-state index is 0.526. The number of benzene rings is 1. The van der Waals surface area contributed by atoms with E-state index in [0.29, 0.717) is 11.6 Å². The van der Waals surface area contributed by atoms with Crippen LogP contribution in [-0.4, -0.2) is 12.1 Å². The minimum atomic E-state index is 0.526. The summed E-state index contributed by atoms with van der Waals surface area (Å²) in [4.78, 5) is 4.17. The fourth-order valence-corrected chi connectivity index (χ4v) is 2.30. The first-order chi connectivity index (χ1) is 8.19. The highest BCUT2D eigenvalue weighted by Gasteiger charge is 2.05. The van der Waals surface area contributed by atoms with Crippen molar-refractivity contribution in [3.05, 3.63) is 45.5 Å². The number of rotatable bonds is 3. The van der Waals surface area contributed by atoms with Gasteiger partial charge in [-0.25, -0.2) is 4.98 Å². The molecule has 0 saturated carbocycles. The molecule has 0 aliphatic carbocycles. The maximum absolute atomic E-state index is 5.63. The van der Waals surface area contributed by atoms with Crippen molar-refractivity contribution in [2.45, 2.75) is 0 Å². The van der Waals surface area contributed by atoms with Crippen LogP contribution in [0.2, 0.25) is 0 Å². The number of halogens is 2. The van der Waals surface area contributed by atoms with E-state index in [2.05, 4.69) is 36.8 Å². The number of hydrogen-bond donors (Lipinski definition) is 0. The van der Waals surface area contributed by atoms with Crippen molar-refractivity contribution >= 4 is 31.9 Å². The van der Waals surface area contributed by atoms with Gasteiger partial charge >= 0.3 is 0 Å². The summed E-state index contributed by atoms with van der Waals surface area (Å²) in [7, 11) is 1.63. The highest BCUT2D eigenvalue weighted by atomic mass is 79.9. The zero-order valence-electron chi connectivity index (χ0n) is 8.98. The van der Waals surface area contributed by atoms with Gasteiger partial charge in [0.05, 0.1) is 11.6 Å². The molecule has 1 heterocycles. The second-order valence-electron chi connectivity index (χ2n) is 3.22. The molecule has 0 fully saturated rings. The summed E-state index contributed by atoms with van der Waals surface area (Å²) in [6.45, 7) is 0. The Morgan fingerprint density at radius 1 is 1.06 bits per heavy atom. The van der Waals surface area contributed by atoms with E-state index in [0.717, 1.165) is 14.7 Å². The Labute approximate surface area is 116 Å². The van der Waals surface area contributed by atoms with E-state index in [1.807, 2.05) is 30.3 Å². The Morgan fingerprint density at radius 3 is 2.29 bits per heavy atom. The Bertz CT molecular complexity index is 514. The fourth-order valence-electron chi connectivity index (χ4n) is 1.23. The van der Waals surface area contributed by atoms with Crippen LogP contribution >= 0.6 is 31.9 Å². The summed E-state index contributed by atoms with van der Waals surface area (Å²) in [5, 5.41) is 0. The van der Waals surface area contributed by atoms with Crippen molar-refractivity contribution in [2.75, 3.05) is 7.11 Å². The molecule has 0 saturated heterocycles. The molecule has 1 aromatic carbocycles. The second-order valence-corrected chi connectivity index (χ2v) is 4.99. The summed E-state index contributed by atoms with van der Waals surface area (Å²) < 4.78 is 12.4. The van der Waals surface area contributed by atoms with Crippen molar-refractivity contribution < 1.29 is 9.47 Å². The molecule has 0 spiro atoms. The molecule has 0 aliphatic heterocycles. The molecular weight excluding hydrogens is 350 g/mol. The van der Waals surface area contributed by atoms with E-state index in [1.54, 1.807) is 13.3 Å². The van der Waals surface area contributed by atoms with Gasteiger partial charge in [0.1, 0.15) is 11.5 Å². The van der Waals surface area contributed by atoms with E-state index in [4.69, 9.17) is 9.47 Å². The molecule has 0 aliphatic rings. The first kappa shape index (κ1) is 12.4. The van der Waals surface area contributed by atoms with Crippen LogP contribution in [0, 0.1) is 0 Å². The van der Waals surface area contributed by atoms with Gasteiger partial charge in [-0.05, 0) is 62.2 Å². The van der Waals surface area contributed by atoms with Crippen LogP contribution in [0.15, 0.2) is 45.5 Å². The van der Waals surface area contributed by atoms with E-state index in [1.165, 1.54) is 0 Å². The lowest BCUT2D eigenvalue weighted by Gasteiger charge is -2.07. The van der Waals surface area contributed by atoms with Gasteiger partial charge in [0.2, 0.25) is 5.88 Å². The Kier molecular flexibility index (Phi) is 4.02. The number of ether oxygens (including phenoxy) is 2. The van der Waals surface area contributed by atoms with Crippen LogP contribution in [0.25, 0.3) is 0 Å². The van der Waals surface area contributed by atoms with Crippen LogP contribution in [-0.2, 0) is 0 Å². The molecule has 2 aromatic rings. The largest absolute Gasteiger partial charge is 0.497 e. The van der Waals surface area contributed by atoms with Crippen molar-refractivity contribution in [3.8, 4) is 17.4 Å². The number of nitrogens with zero attached hydrogens (tertiary/aromatic N) is 1. The van der Waals surface area contributed by atoms with Gasteiger partial charge in [-0.2, -0.15) is 0 Å². The fraction of sp³-hybridized carbons (Fsp3) is 0.0833. The molecule has 0 amide bonds. The molecule has 17 heavy (non-hydrogen) atoms. The first-order valence-electron chi connectivity index (χ1n) is 4.82. The van der Waals surface area contributed by atoms with Crippen LogP contribution in [0.4, 0.5) is 0 Å². The lowest BCUT2D eigenvalue weighted by molar-refractivity contribution is 0.412. The van der Waals surface area contributed by atoms with Gasteiger partial charge in [0.25, 0.3) is 0 Å². The summed E-state index contributed by atoms with van der Waals surface area (Å²) in [6.07, 6.45) is 1.68. The molecule has 3 nitrogen and oxygen atoms in total. The summed E-state index contributed by atoms with van der Waals surface area (Å²) in [6, 6.07) is 9.21. The van der Waals surface area contributed by atoms with E-state index in [9.17, 15) is 0 Å². The van der Waals surface area contributed by atoms with E-state index >= 15 is 0 Å². The third-order valence-electron chi connectivity index (χ3n) is 2.05. The van der Waals surface area contributed by atoms with Crippen LogP contribution in [0.5, 0.6) is 17.4 Å².